The SMILES string of the molecule is CCNC(=NCCSCc1ccc(C)cc1)N1CCN(C(C)=O)CC1.I. The molecule has 0 aliphatic carbocycles. The van der Waals surface area contributed by atoms with Gasteiger partial charge >= 0.3 is 0 Å². The fraction of sp³-hybridized carbons (Fsp3) is 0.579. The number of amides is 1. The van der Waals surface area contributed by atoms with E-state index in [2.05, 4.69) is 48.3 Å². The van der Waals surface area contributed by atoms with Crippen LogP contribution >= 0.6 is 35.7 Å². The number of carbonyl (C=O) groups is 1. The Balaban J connectivity index is 0.00000338. The average molecular weight is 490 g/mol. The Kier molecular flexibility index (Phi) is 11.0. The minimum absolute atomic E-state index is 0. The lowest BCUT2D eigenvalue weighted by Gasteiger charge is -2.36. The van der Waals surface area contributed by atoms with Crippen LogP contribution in [0.5, 0.6) is 0 Å². The van der Waals surface area contributed by atoms with Crippen molar-refractivity contribution in [1.82, 2.24) is 15.1 Å². The van der Waals surface area contributed by atoms with Crippen molar-refractivity contribution in [3.05, 3.63) is 35.4 Å². The quantitative estimate of drug-likeness (QED) is 0.288. The number of thioether (sulfide) groups is 1. The zero-order valence-electron chi connectivity index (χ0n) is 16.0. The second kappa shape index (κ2) is 12.4. The molecule has 7 heteroatoms. The van der Waals surface area contributed by atoms with Crippen LogP contribution in [0.2, 0.25) is 0 Å². The number of hydrogen-bond donors (Lipinski definition) is 1. The maximum atomic E-state index is 11.4. The molecule has 1 aliphatic heterocycles. The third-order valence-electron chi connectivity index (χ3n) is 4.25. The van der Waals surface area contributed by atoms with Gasteiger partial charge in [-0.05, 0) is 19.4 Å². The molecule has 0 saturated carbocycles. The number of aryl methyl sites for hydroxylation is 1. The first-order valence-electron chi connectivity index (χ1n) is 9.02. The van der Waals surface area contributed by atoms with Crippen LogP contribution in [0.15, 0.2) is 29.3 Å². The van der Waals surface area contributed by atoms with Crippen LogP contribution < -0.4 is 5.32 Å². The normalized spacial score (nSPS) is 14.8. The number of benzene rings is 1. The maximum absolute atomic E-state index is 11.4. The van der Waals surface area contributed by atoms with E-state index >= 15 is 0 Å². The summed E-state index contributed by atoms with van der Waals surface area (Å²) in [5.74, 6) is 3.18. The Bertz CT molecular complexity index is 571. The van der Waals surface area contributed by atoms with Gasteiger partial charge in [0.25, 0.3) is 0 Å². The van der Waals surface area contributed by atoms with Gasteiger partial charge in [-0.3, -0.25) is 9.79 Å². The van der Waals surface area contributed by atoms with E-state index in [9.17, 15) is 4.79 Å². The molecule has 1 fully saturated rings. The van der Waals surface area contributed by atoms with Gasteiger partial charge in [0.15, 0.2) is 5.96 Å². The summed E-state index contributed by atoms with van der Waals surface area (Å²) in [6.45, 7) is 10.8. The number of hydrogen-bond acceptors (Lipinski definition) is 3. The Labute approximate surface area is 179 Å². The van der Waals surface area contributed by atoms with Crippen LogP contribution in [0.4, 0.5) is 0 Å². The molecule has 1 aromatic carbocycles. The van der Waals surface area contributed by atoms with E-state index in [1.54, 1.807) is 6.92 Å². The third-order valence-corrected chi connectivity index (χ3v) is 5.25. The number of aliphatic imine (C=N–C) groups is 1. The molecule has 2 rings (SSSR count). The zero-order valence-corrected chi connectivity index (χ0v) is 19.2. The van der Waals surface area contributed by atoms with Gasteiger partial charge in [0.2, 0.25) is 5.91 Å². The second-order valence-electron chi connectivity index (χ2n) is 6.27. The molecule has 1 amide bonds. The Morgan fingerprint density at radius 2 is 1.77 bits per heavy atom. The monoisotopic (exact) mass is 490 g/mol. The van der Waals surface area contributed by atoms with Crippen molar-refractivity contribution in [1.29, 1.82) is 0 Å². The molecule has 1 aliphatic rings. The molecule has 0 atom stereocenters. The van der Waals surface area contributed by atoms with Crippen LogP contribution in [0, 0.1) is 6.92 Å². The van der Waals surface area contributed by atoms with Crippen molar-refractivity contribution >= 4 is 47.6 Å². The lowest BCUT2D eigenvalue weighted by atomic mass is 10.2. The van der Waals surface area contributed by atoms with Gasteiger partial charge in [-0.15, -0.1) is 24.0 Å². The molecule has 146 valence electrons. The number of carbonyl (C=O) groups excluding carboxylic acids is 1. The van der Waals surface area contributed by atoms with Gasteiger partial charge in [0, 0.05) is 51.2 Å². The van der Waals surface area contributed by atoms with E-state index in [0.717, 1.165) is 56.7 Å². The fourth-order valence-electron chi connectivity index (χ4n) is 2.75. The predicted octanol–water partition coefficient (Wildman–Crippen LogP) is 2.98. The minimum atomic E-state index is 0. The highest BCUT2D eigenvalue weighted by Gasteiger charge is 2.20. The van der Waals surface area contributed by atoms with E-state index in [4.69, 9.17) is 4.99 Å². The third kappa shape index (κ3) is 7.73. The van der Waals surface area contributed by atoms with E-state index in [1.807, 2.05) is 16.7 Å². The number of guanidine groups is 1. The number of halogens is 1. The first-order chi connectivity index (χ1) is 12.1. The predicted molar refractivity (Wildman–Crippen MR) is 123 cm³/mol. The van der Waals surface area contributed by atoms with Gasteiger partial charge < -0.3 is 15.1 Å². The van der Waals surface area contributed by atoms with Crippen molar-refractivity contribution in [2.45, 2.75) is 26.5 Å². The number of piperazine rings is 1. The van der Waals surface area contributed by atoms with Crippen LogP contribution in [-0.4, -0.2) is 66.7 Å². The molecule has 0 spiro atoms. The summed E-state index contributed by atoms with van der Waals surface area (Å²) in [6.07, 6.45) is 0. The van der Waals surface area contributed by atoms with E-state index < -0.39 is 0 Å². The van der Waals surface area contributed by atoms with Crippen LogP contribution in [0.1, 0.15) is 25.0 Å². The van der Waals surface area contributed by atoms with E-state index in [1.165, 1.54) is 11.1 Å². The highest BCUT2D eigenvalue weighted by Crippen LogP contribution is 2.13. The van der Waals surface area contributed by atoms with Crippen molar-refractivity contribution in [2.24, 2.45) is 4.99 Å². The summed E-state index contributed by atoms with van der Waals surface area (Å²) in [4.78, 5) is 20.4. The molecular weight excluding hydrogens is 459 g/mol. The summed E-state index contributed by atoms with van der Waals surface area (Å²) in [5, 5.41) is 3.37. The summed E-state index contributed by atoms with van der Waals surface area (Å²) >= 11 is 1.92. The van der Waals surface area contributed by atoms with Crippen LogP contribution in [0.25, 0.3) is 0 Å². The molecule has 0 bridgehead atoms. The van der Waals surface area contributed by atoms with Gasteiger partial charge in [0.05, 0.1) is 6.54 Å². The first kappa shape index (κ1) is 23.1. The molecule has 5 nitrogen and oxygen atoms in total. The van der Waals surface area contributed by atoms with Crippen molar-refractivity contribution < 1.29 is 4.79 Å². The molecule has 1 N–H and O–H groups in total. The molecular formula is C19H31IN4OS. The molecule has 1 aromatic rings. The summed E-state index contributed by atoms with van der Waals surface area (Å²) in [5.41, 5.74) is 2.67. The van der Waals surface area contributed by atoms with Crippen molar-refractivity contribution in [3.63, 3.8) is 0 Å². The van der Waals surface area contributed by atoms with Gasteiger partial charge in [-0.1, -0.05) is 29.8 Å². The first-order valence-corrected chi connectivity index (χ1v) is 10.2. The lowest BCUT2D eigenvalue weighted by Crippen LogP contribution is -2.53. The van der Waals surface area contributed by atoms with E-state index in [-0.39, 0.29) is 29.9 Å². The number of nitrogens with zero attached hydrogens (tertiary/aromatic N) is 3. The van der Waals surface area contributed by atoms with E-state index in [0.29, 0.717) is 0 Å². The maximum Gasteiger partial charge on any atom is 0.219 e. The summed E-state index contributed by atoms with van der Waals surface area (Å²) in [6, 6.07) is 8.73. The molecule has 1 heterocycles. The summed E-state index contributed by atoms with van der Waals surface area (Å²) < 4.78 is 0. The second-order valence-corrected chi connectivity index (χ2v) is 7.37. The van der Waals surface area contributed by atoms with Gasteiger partial charge in [-0.25, -0.2) is 0 Å². The zero-order chi connectivity index (χ0) is 18.1. The van der Waals surface area contributed by atoms with Crippen LogP contribution in [-0.2, 0) is 10.5 Å². The molecule has 1 saturated heterocycles. The Morgan fingerprint density at radius 3 is 2.35 bits per heavy atom. The van der Waals surface area contributed by atoms with Gasteiger partial charge in [0.1, 0.15) is 0 Å². The Hall–Kier alpha value is -0.960. The lowest BCUT2D eigenvalue weighted by molar-refractivity contribution is -0.130. The number of rotatable bonds is 6. The fourth-order valence-corrected chi connectivity index (χ4v) is 3.54. The molecule has 26 heavy (non-hydrogen) atoms. The highest BCUT2D eigenvalue weighted by atomic mass is 127. The van der Waals surface area contributed by atoms with Crippen LogP contribution in [0.3, 0.4) is 0 Å². The topological polar surface area (TPSA) is 47.9 Å². The highest BCUT2D eigenvalue weighted by molar-refractivity contribution is 14.0. The van der Waals surface area contributed by atoms with Crippen molar-refractivity contribution in [2.75, 3.05) is 45.0 Å². The van der Waals surface area contributed by atoms with Gasteiger partial charge in [-0.2, -0.15) is 11.8 Å². The smallest absolute Gasteiger partial charge is 0.219 e. The standard InChI is InChI=1S/C19H30N4OS.HI/c1-4-20-19(23-12-10-22(11-13-23)17(3)24)21-9-14-25-15-18-7-5-16(2)6-8-18;/h5-8H,4,9-15H2,1-3H3,(H,20,21);1H. The minimum Gasteiger partial charge on any atom is -0.357 e. The molecule has 0 unspecified atom stereocenters. The Morgan fingerprint density at radius 1 is 1.15 bits per heavy atom. The van der Waals surface area contributed by atoms with Crippen molar-refractivity contribution in [3.8, 4) is 0 Å². The largest absolute Gasteiger partial charge is 0.357 e. The molecule has 0 radical (unpaired) electrons. The summed E-state index contributed by atoms with van der Waals surface area (Å²) in [7, 11) is 0. The molecule has 0 aromatic heterocycles. The number of nitrogens with one attached hydrogen (secondary N) is 1. The average Bonchev–Trinajstić information content (AvgIpc) is 2.62.